The molecular formula is C28H43FN4O5. The van der Waals surface area contributed by atoms with Gasteiger partial charge in [-0.15, -0.1) is 0 Å². The molecule has 1 fully saturated rings. The van der Waals surface area contributed by atoms with E-state index in [0.717, 1.165) is 19.4 Å². The number of benzene rings is 1. The van der Waals surface area contributed by atoms with Gasteiger partial charge in [0.25, 0.3) is 11.8 Å². The van der Waals surface area contributed by atoms with Gasteiger partial charge in [0, 0.05) is 24.5 Å². The van der Waals surface area contributed by atoms with Gasteiger partial charge < -0.3 is 30.6 Å². The van der Waals surface area contributed by atoms with Gasteiger partial charge in [0.15, 0.2) is 11.6 Å². The number of primary amides is 1. The lowest BCUT2D eigenvalue weighted by molar-refractivity contribution is -0.126. The molecule has 1 aromatic carbocycles. The lowest BCUT2D eigenvalue weighted by Gasteiger charge is -2.11. The number of pyridine rings is 1. The van der Waals surface area contributed by atoms with Crippen LogP contribution in [0.4, 0.5) is 10.1 Å². The summed E-state index contributed by atoms with van der Waals surface area (Å²) in [5.74, 6) is -0.890. The predicted molar refractivity (Wildman–Crippen MR) is 147 cm³/mol. The Labute approximate surface area is 225 Å². The fraction of sp³-hybridized carbons (Fsp3) is 0.536. The second-order valence-electron chi connectivity index (χ2n) is 8.65. The Bertz CT molecular complexity index is 960. The maximum absolute atomic E-state index is 13.2. The van der Waals surface area contributed by atoms with Crippen LogP contribution in [0, 0.1) is 5.82 Å². The molecule has 4 N–H and O–H groups in total. The monoisotopic (exact) mass is 534 g/mol. The maximum atomic E-state index is 13.2. The number of nitrogens with one attached hydrogen (secondary N) is 2. The van der Waals surface area contributed by atoms with Crippen molar-refractivity contribution in [1.82, 2.24) is 10.3 Å². The first-order valence-electron chi connectivity index (χ1n) is 13.2. The number of carbonyl (C=O) groups excluding carboxylic acids is 2. The number of ether oxygens (including phenoxy) is 3. The van der Waals surface area contributed by atoms with Crippen LogP contribution in [0.15, 0.2) is 42.6 Å². The zero-order chi connectivity index (χ0) is 28.3. The van der Waals surface area contributed by atoms with Crippen molar-refractivity contribution in [3.8, 4) is 5.75 Å². The van der Waals surface area contributed by atoms with E-state index in [4.69, 9.17) is 19.9 Å². The van der Waals surface area contributed by atoms with E-state index in [1.165, 1.54) is 18.3 Å². The number of carbonyl (C=O) groups is 2. The van der Waals surface area contributed by atoms with Crippen molar-refractivity contribution in [2.75, 3.05) is 31.7 Å². The highest BCUT2D eigenvalue weighted by Crippen LogP contribution is 2.20. The summed E-state index contributed by atoms with van der Waals surface area (Å²) in [7, 11) is 0. The molecule has 1 aromatic heterocycles. The minimum absolute atomic E-state index is 0.111. The van der Waals surface area contributed by atoms with E-state index < -0.39 is 12.0 Å². The molecule has 2 amide bonds. The van der Waals surface area contributed by atoms with E-state index in [2.05, 4.69) is 29.5 Å². The van der Waals surface area contributed by atoms with Crippen molar-refractivity contribution in [2.45, 2.75) is 72.1 Å². The van der Waals surface area contributed by atoms with E-state index in [1.54, 1.807) is 24.3 Å². The van der Waals surface area contributed by atoms with Crippen molar-refractivity contribution >= 4 is 17.5 Å². The van der Waals surface area contributed by atoms with Crippen LogP contribution >= 0.6 is 0 Å². The topological polar surface area (TPSA) is 125 Å². The first-order valence-corrected chi connectivity index (χ1v) is 13.2. The second-order valence-corrected chi connectivity index (χ2v) is 8.65. The first kappa shape index (κ1) is 32.9. The third-order valence-corrected chi connectivity index (χ3v) is 5.14. The van der Waals surface area contributed by atoms with Gasteiger partial charge in [0.2, 0.25) is 0 Å². The van der Waals surface area contributed by atoms with Crippen molar-refractivity contribution in [3.05, 3.63) is 54.1 Å². The number of hydrogen-bond acceptors (Lipinski definition) is 7. The molecule has 10 heteroatoms. The van der Waals surface area contributed by atoms with E-state index >= 15 is 0 Å². The summed E-state index contributed by atoms with van der Waals surface area (Å²) < 4.78 is 29.3. The molecule has 1 saturated heterocycles. The van der Waals surface area contributed by atoms with Gasteiger partial charge in [-0.05, 0) is 57.0 Å². The number of halogens is 1. The number of aromatic nitrogens is 1. The highest BCUT2D eigenvalue weighted by Gasteiger charge is 2.28. The summed E-state index contributed by atoms with van der Waals surface area (Å²) in [4.78, 5) is 26.6. The number of nitrogens with two attached hydrogens (primary N) is 1. The molecule has 38 heavy (non-hydrogen) atoms. The van der Waals surface area contributed by atoms with Crippen molar-refractivity contribution in [2.24, 2.45) is 5.73 Å². The average Bonchev–Trinajstić information content (AvgIpc) is 3.34. The molecular weight excluding hydrogens is 491 g/mol. The number of para-hydroxylation sites is 1. The van der Waals surface area contributed by atoms with Gasteiger partial charge >= 0.3 is 0 Å². The van der Waals surface area contributed by atoms with Crippen LogP contribution in [-0.2, 0) is 14.3 Å². The lowest BCUT2D eigenvalue weighted by atomic mass is 10.2. The Kier molecular flexibility index (Phi) is 16.5. The first-order chi connectivity index (χ1) is 18.3. The highest BCUT2D eigenvalue weighted by molar-refractivity contribution is 5.96. The summed E-state index contributed by atoms with van der Waals surface area (Å²) in [5.41, 5.74) is 5.73. The maximum Gasteiger partial charge on any atom is 0.267 e. The van der Waals surface area contributed by atoms with Crippen LogP contribution in [0.25, 0.3) is 0 Å². The third kappa shape index (κ3) is 13.5. The van der Waals surface area contributed by atoms with Crippen molar-refractivity contribution in [3.63, 3.8) is 0 Å². The summed E-state index contributed by atoms with van der Waals surface area (Å²) >= 11 is 0. The standard InChI is InChI=1S/C14H22FNO2.C12H15N3O3.C2H6/c1-12(2)16-8-5-9-17-10-11-18-14-7-4-3-6-13(14)15;1-7-2-3-10(18-7)12(17)15-8-4-5-14-9(6-8)11(13)16;1-2/h3-4,6-7,12,16H,5,8-11H2,1-2H3;4-7,10H,2-3H2,1H3,(H2,13,16)(H,14,15,17);1-2H3. The number of hydrogen-bond donors (Lipinski definition) is 3. The van der Waals surface area contributed by atoms with Crippen LogP contribution < -0.4 is 21.1 Å². The molecule has 0 bridgehead atoms. The SMILES string of the molecule is CC.CC(C)NCCCOCCOc1ccccc1F.CC1CCC(C(=O)Nc2ccnc(C(N)=O)c2)O1. The molecule has 212 valence electrons. The molecule has 2 heterocycles. The number of anilines is 1. The molecule has 2 unspecified atom stereocenters. The van der Waals surface area contributed by atoms with E-state index in [0.29, 0.717) is 38.0 Å². The Morgan fingerprint density at radius 3 is 2.53 bits per heavy atom. The largest absolute Gasteiger partial charge is 0.488 e. The Balaban J connectivity index is 0.000000357. The normalized spacial score (nSPS) is 16.1. The van der Waals surface area contributed by atoms with Crippen LogP contribution in [0.5, 0.6) is 5.75 Å². The van der Waals surface area contributed by atoms with Gasteiger partial charge in [0.1, 0.15) is 18.4 Å². The molecule has 0 saturated carbocycles. The summed E-state index contributed by atoms with van der Waals surface area (Å²) in [6.07, 6.45) is 3.66. The summed E-state index contributed by atoms with van der Waals surface area (Å²) in [6, 6.07) is 9.93. The third-order valence-electron chi connectivity index (χ3n) is 5.14. The Morgan fingerprint density at radius 2 is 1.89 bits per heavy atom. The smallest absolute Gasteiger partial charge is 0.267 e. The van der Waals surface area contributed by atoms with Crippen LogP contribution in [0.1, 0.15) is 64.4 Å². The summed E-state index contributed by atoms with van der Waals surface area (Å²) in [5, 5.41) is 6.00. The van der Waals surface area contributed by atoms with Crippen LogP contribution in [-0.4, -0.2) is 61.4 Å². The minimum Gasteiger partial charge on any atom is -0.488 e. The summed E-state index contributed by atoms with van der Waals surface area (Å²) in [6.45, 7) is 12.7. The van der Waals surface area contributed by atoms with Crippen LogP contribution in [0.3, 0.4) is 0 Å². The molecule has 9 nitrogen and oxygen atoms in total. The van der Waals surface area contributed by atoms with Gasteiger partial charge in [0.05, 0.1) is 12.7 Å². The molecule has 0 aliphatic carbocycles. The zero-order valence-corrected chi connectivity index (χ0v) is 23.2. The Morgan fingerprint density at radius 1 is 1.16 bits per heavy atom. The number of rotatable bonds is 12. The Hall–Kier alpha value is -3.08. The molecule has 0 radical (unpaired) electrons. The highest BCUT2D eigenvalue weighted by atomic mass is 19.1. The number of nitrogens with zero attached hydrogens (tertiary/aromatic N) is 1. The van der Waals surface area contributed by atoms with Crippen molar-refractivity contribution < 1.29 is 28.2 Å². The quantitative estimate of drug-likeness (QED) is 0.346. The second kappa shape index (κ2) is 19.1. The van der Waals surface area contributed by atoms with Gasteiger partial charge in [-0.3, -0.25) is 14.6 Å². The predicted octanol–water partition coefficient (Wildman–Crippen LogP) is 4.32. The molecule has 3 rings (SSSR count). The molecule has 2 atom stereocenters. The molecule has 0 spiro atoms. The van der Waals surface area contributed by atoms with Crippen LogP contribution in [0.2, 0.25) is 0 Å². The lowest BCUT2D eigenvalue weighted by Crippen LogP contribution is -2.28. The molecule has 1 aliphatic heterocycles. The van der Waals surface area contributed by atoms with E-state index in [-0.39, 0.29) is 29.3 Å². The molecule has 1 aliphatic rings. The fourth-order valence-electron chi connectivity index (χ4n) is 3.30. The molecule has 2 aromatic rings. The average molecular weight is 535 g/mol. The number of amides is 2. The van der Waals surface area contributed by atoms with E-state index in [9.17, 15) is 14.0 Å². The minimum atomic E-state index is -0.628. The van der Waals surface area contributed by atoms with Crippen molar-refractivity contribution in [1.29, 1.82) is 0 Å². The zero-order valence-electron chi connectivity index (χ0n) is 23.2. The van der Waals surface area contributed by atoms with Gasteiger partial charge in [-0.2, -0.15) is 0 Å². The van der Waals surface area contributed by atoms with Gasteiger partial charge in [-0.1, -0.05) is 39.8 Å². The fourth-order valence-corrected chi connectivity index (χ4v) is 3.30. The van der Waals surface area contributed by atoms with E-state index in [1.807, 2.05) is 20.8 Å². The van der Waals surface area contributed by atoms with Gasteiger partial charge in [-0.25, -0.2) is 4.39 Å².